The van der Waals surface area contributed by atoms with Crippen LogP contribution in [0, 0.1) is 17.0 Å². The van der Waals surface area contributed by atoms with Gasteiger partial charge in [0, 0.05) is 24.7 Å². The van der Waals surface area contributed by atoms with E-state index < -0.39 is 17.0 Å². The Balaban J connectivity index is 1.87. The van der Waals surface area contributed by atoms with Crippen LogP contribution in [0.1, 0.15) is 30.9 Å². The number of carbonyl (C=O) groups excluding carboxylic acids is 1. The molecule has 1 aliphatic rings. The van der Waals surface area contributed by atoms with Crippen molar-refractivity contribution in [1.82, 2.24) is 4.90 Å². The Morgan fingerprint density at radius 2 is 2.03 bits per heavy atom. The largest absolute Gasteiger partial charge is 0.504 e. The number of hydrogen-bond acceptors (Lipinski definition) is 5. The van der Waals surface area contributed by atoms with E-state index in [1.54, 1.807) is 25.1 Å². The maximum absolute atomic E-state index is 14.4. The SMILES string of the molecule is CCOC(=O)[C@]1(Cc2ccc(F)cc2F)CCCN(Cc2cccc(OC)c2O)C1. The number of ether oxygens (including phenoxy) is 2. The summed E-state index contributed by atoms with van der Waals surface area (Å²) in [6, 6.07) is 8.70. The smallest absolute Gasteiger partial charge is 0.313 e. The van der Waals surface area contributed by atoms with Gasteiger partial charge in [-0.25, -0.2) is 8.78 Å². The molecule has 1 atom stereocenters. The van der Waals surface area contributed by atoms with E-state index in [1.165, 1.54) is 19.2 Å². The Bertz CT molecular complexity index is 905. The number of halogens is 2. The van der Waals surface area contributed by atoms with Crippen molar-refractivity contribution in [2.24, 2.45) is 5.41 Å². The zero-order valence-corrected chi connectivity index (χ0v) is 17.3. The van der Waals surface area contributed by atoms with Crippen molar-refractivity contribution in [2.45, 2.75) is 32.7 Å². The highest BCUT2D eigenvalue weighted by molar-refractivity contribution is 5.78. The van der Waals surface area contributed by atoms with Crippen molar-refractivity contribution in [2.75, 3.05) is 26.8 Å². The standard InChI is InChI=1S/C23H27F2NO4/c1-3-30-22(28)23(13-16-8-9-18(24)12-19(16)25)10-5-11-26(15-23)14-17-6-4-7-20(29-2)21(17)27/h4,6-9,12,27H,3,5,10-11,13-15H2,1-2H3/t23-/m0/s1. The number of phenols is 1. The van der Waals surface area contributed by atoms with E-state index in [0.29, 0.717) is 37.2 Å². The molecule has 0 aliphatic carbocycles. The number of hydrogen-bond donors (Lipinski definition) is 1. The zero-order valence-electron chi connectivity index (χ0n) is 17.3. The molecule has 1 aliphatic heterocycles. The van der Waals surface area contributed by atoms with Crippen LogP contribution in [-0.4, -0.2) is 42.8 Å². The molecule has 0 spiro atoms. The summed E-state index contributed by atoms with van der Waals surface area (Å²) in [4.78, 5) is 15.0. The number of benzene rings is 2. The molecular formula is C23H27F2NO4. The van der Waals surface area contributed by atoms with Crippen LogP contribution in [-0.2, 0) is 22.5 Å². The molecule has 7 heteroatoms. The fourth-order valence-electron chi connectivity index (χ4n) is 4.16. The molecule has 1 fully saturated rings. The van der Waals surface area contributed by atoms with Gasteiger partial charge in [-0.3, -0.25) is 9.69 Å². The molecule has 0 bridgehead atoms. The van der Waals surface area contributed by atoms with Crippen LogP contribution in [0.25, 0.3) is 0 Å². The molecule has 0 amide bonds. The lowest BCUT2D eigenvalue weighted by Gasteiger charge is -2.41. The maximum atomic E-state index is 14.4. The second kappa shape index (κ2) is 9.43. The Morgan fingerprint density at radius 1 is 1.23 bits per heavy atom. The first kappa shape index (κ1) is 22.0. The van der Waals surface area contributed by atoms with Gasteiger partial charge in [0.2, 0.25) is 0 Å². The molecule has 3 rings (SSSR count). The molecule has 0 unspecified atom stereocenters. The summed E-state index contributed by atoms with van der Waals surface area (Å²) in [7, 11) is 1.49. The second-order valence-electron chi connectivity index (χ2n) is 7.70. The molecular weight excluding hydrogens is 392 g/mol. The number of methoxy groups -OCH3 is 1. The molecule has 30 heavy (non-hydrogen) atoms. The van der Waals surface area contributed by atoms with Gasteiger partial charge in [0.1, 0.15) is 11.6 Å². The minimum absolute atomic E-state index is 0.0666. The van der Waals surface area contributed by atoms with Gasteiger partial charge in [0.25, 0.3) is 0 Å². The summed E-state index contributed by atoms with van der Waals surface area (Å²) in [5, 5.41) is 10.4. The van der Waals surface area contributed by atoms with E-state index in [0.717, 1.165) is 12.6 Å². The number of para-hydroxylation sites is 1. The molecule has 162 valence electrons. The quantitative estimate of drug-likeness (QED) is 0.686. The van der Waals surface area contributed by atoms with E-state index in [4.69, 9.17) is 9.47 Å². The minimum atomic E-state index is -0.943. The van der Waals surface area contributed by atoms with Gasteiger partial charge in [-0.15, -0.1) is 0 Å². The van der Waals surface area contributed by atoms with Crippen LogP contribution in [0.2, 0.25) is 0 Å². The topological polar surface area (TPSA) is 59.0 Å². The number of nitrogens with zero attached hydrogens (tertiary/aromatic N) is 1. The van der Waals surface area contributed by atoms with Crippen LogP contribution < -0.4 is 4.74 Å². The average molecular weight is 419 g/mol. The van der Waals surface area contributed by atoms with Crippen LogP contribution in [0.5, 0.6) is 11.5 Å². The van der Waals surface area contributed by atoms with E-state index in [-0.39, 0.29) is 30.3 Å². The van der Waals surface area contributed by atoms with Gasteiger partial charge >= 0.3 is 5.97 Å². The predicted octanol–water partition coefficient (Wildman–Crippen LogP) is 4.07. The molecule has 1 saturated heterocycles. The number of esters is 1. The second-order valence-corrected chi connectivity index (χ2v) is 7.70. The van der Waals surface area contributed by atoms with Gasteiger partial charge < -0.3 is 14.6 Å². The van der Waals surface area contributed by atoms with Crippen molar-refractivity contribution in [3.63, 3.8) is 0 Å². The summed E-state index contributed by atoms with van der Waals surface area (Å²) < 4.78 is 38.2. The molecule has 2 aromatic rings. The van der Waals surface area contributed by atoms with Crippen LogP contribution in [0.4, 0.5) is 8.78 Å². The van der Waals surface area contributed by atoms with Crippen molar-refractivity contribution in [3.8, 4) is 11.5 Å². The fraction of sp³-hybridized carbons (Fsp3) is 0.435. The summed E-state index contributed by atoms with van der Waals surface area (Å²) in [6.45, 7) is 3.45. The summed E-state index contributed by atoms with van der Waals surface area (Å²) in [5.74, 6) is -1.25. The monoisotopic (exact) mass is 419 g/mol. The van der Waals surface area contributed by atoms with Gasteiger partial charge in [-0.2, -0.15) is 0 Å². The highest BCUT2D eigenvalue weighted by Gasteiger charge is 2.44. The van der Waals surface area contributed by atoms with Gasteiger partial charge in [-0.05, 0) is 50.4 Å². The molecule has 0 saturated carbocycles. The molecule has 5 nitrogen and oxygen atoms in total. The Hall–Kier alpha value is -2.67. The number of phenolic OH excluding ortho intramolecular Hbond substituents is 1. The first-order chi connectivity index (χ1) is 14.4. The van der Waals surface area contributed by atoms with E-state index in [1.807, 2.05) is 0 Å². The lowest BCUT2D eigenvalue weighted by molar-refractivity contribution is -0.159. The van der Waals surface area contributed by atoms with Gasteiger partial charge in [-0.1, -0.05) is 18.2 Å². The molecule has 0 aromatic heterocycles. The molecule has 1 heterocycles. The van der Waals surface area contributed by atoms with E-state index >= 15 is 0 Å². The van der Waals surface area contributed by atoms with Gasteiger partial charge in [0.15, 0.2) is 11.5 Å². The van der Waals surface area contributed by atoms with E-state index in [2.05, 4.69) is 4.90 Å². The van der Waals surface area contributed by atoms with Crippen molar-refractivity contribution in [1.29, 1.82) is 0 Å². The minimum Gasteiger partial charge on any atom is -0.504 e. The highest BCUT2D eigenvalue weighted by atomic mass is 19.1. The van der Waals surface area contributed by atoms with Crippen LogP contribution >= 0.6 is 0 Å². The Morgan fingerprint density at radius 3 is 2.73 bits per heavy atom. The summed E-state index contributed by atoms with van der Waals surface area (Å²) in [5.41, 5.74) is 0.0269. The summed E-state index contributed by atoms with van der Waals surface area (Å²) in [6.07, 6.45) is 1.38. The summed E-state index contributed by atoms with van der Waals surface area (Å²) >= 11 is 0. The lowest BCUT2D eigenvalue weighted by Crippen LogP contribution is -2.49. The Kier molecular flexibility index (Phi) is 6.92. The number of likely N-dealkylation sites (tertiary alicyclic amines) is 1. The van der Waals surface area contributed by atoms with Crippen molar-refractivity contribution < 1.29 is 28.2 Å². The first-order valence-electron chi connectivity index (χ1n) is 10.1. The average Bonchev–Trinajstić information content (AvgIpc) is 2.72. The third kappa shape index (κ3) is 4.73. The van der Waals surface area contributed by atoms with Crippen LogP contribution in [0.15, 0.2) is 36.4 Å². The third-order valence-electron chi connectivity index (χ3n) is 5.60. The van der Waals surface area contributed by atoms with Crippen LogP contribution in [0.3, 0.4) is 0 Å². The molecule has 0 radical (unpaired) electrons. The fourth-order valence-corrected chi connectivity index (χ4v) is 4.16. The number of carbonyl (C=O) groups is 1. The van der Waals surface area contributed by atoms with E-state index in [9.17, 15) is 18.7 Å². The first-order valence-corrected chi connectivity index (χ1v) is 10.1. The number of rotatable bonds is 7. The van der Waals surface area contributed by atoms with Crippen molar-refractivity contribution in [3.05, 3.63) is 59.2 Å². The number of aromatic hydroxyl groups is 1. The van der Waals surface area contributed by atoms with Crippen molar-refractivity contribution >= 4 is 5.97 Å². The molecule has 1 N–H and O–H groups in total. The predicted molar refractivity (Wildman–Crippen MR) is 108 cm³/mol. The maximum Gasteiger partial charge on any atom is 0.313 e. The van der Waals surface area contributed by atoms with Gasteiger partial charge in [0.05, 0.1) is 19.1 Å². The number of piperidine rings is 1. The molecule has 2 aromatic carbocycles. The highest BCUT2D eigenvalue weighted by Crippen LogP contribution is 2.38. The third-order valence-corrected chi connectivity index (χ3v) is 5.60. The Labute approximate surface area is 175 Å². The normalized spacial score (nSPS) is 19.5. The lowest BCUT2D eigenvalue weighted by atomic mass is 9.74. The zero-order chi connectivity index (χ0) is 21.7.